The molecule has 1 radical (unpaired) electrons. The van der Waals surface area contributed by atoms with Crippen LogP contribution in [0.4, 0.5) is 4.39 Å². The summed E-state index contributed by atoms with van der Waals surface area (Å²) in [6.45, 7) is 9.49. The summed E-state index contributed by atoms with van der Waals surface area (Å²) in [5.41, 5.74) is 0.754. The summed E-state index contributed by atoms with van der Waals surface area (Å²) in [6.07, 6.45) is 2.00. The van der Waals surface area contributed by atoms with Gasteiger partial charge in [-0.2, -0.15) is 0 Å². The number of aryl methyl sites for hydroxylation is 1. The topological polar surface area (TPSA) is 66.8 Å². The predicted molar refractivity (Wildman–Crippen MR) is 123 cm³/mol. The molecule has 1 aliphatic rings. The molecule has 1 N–H and O–H groups in total. The molecule has 1 saturated heterocycles. The van der Waals surface area contributed by atoms with Crippen LogP contribution >= 0.6 is 0 Å². The summed E-state index contributed by atoms with van der Waals surface area (Å²) < 4.78 is 20.9. The number of aromatic carboxylic acids is 1. The fourth-order valence-corrected chi connectivity index (χ4v) is 5.89. The highest BCUT2D eigenvalue weighted by Crippen LogP contribution is 2.20. The predicted octanol–water partition coefficient (Wildman–Crippen LogP) is 2.51. The molecular formula is C24H29FN2O4Si+. The van der Waals surface area contributed by atoms with Crippen LogP contribution < -0.4 is 9.61 Å². The molecule has 6 nitrogen and oxygen atoms in total. The van der Waals surface area contributed by atoms with Gasteiger partial charge in [0.2, 0.25) is 0 Å². The lowest BCUT2D eigenvalue weighted by atomic mass is 10.1. The minimum atomic E-state index is -1.70. The van der Waals surface area contributed by atoms with Crippen molar-refractivity contribution >= 4 is 26.1 Å². The van der Waals surface area contributed by atoms with E-state index in [9.17, 15) is 14.0 Å². The molecule has 1 heterocycles. The van der Waals surface area contributed by atoms with Crippen molar-refractivity contribution in [2.24, 2.45) is 0 Å². The first kappa shape index (κ1) is 23.8. The van der Waals surface area contributed by atoms with Crippen molar-refractivity contribution in [3.63, 3.8) is 0 Å². The number of carboxylic acids is 1. The van der Waals surface area contributed by atoms with Crippen molar-refractivity contribution < 1.29 is 28.0 Å². The number of piperazine rings is 1. The molecule has 0 aliphatic carbocycles. The van der Waals surface area contributed by atoms with E-state index in [1.807, 2.05) is 13.1 Å². The van der Waals surface area contributed by atoms with Crippen LogP contribution in [-0.2, 0) is 4.79 Å². The number of benzene rings is 2. The third-order valence-corrected chi connectivity index (χ3v) is 8.43. The van der Waals surface area contributed by atoms with Gasteiger partial charge in [-0.25, -0.2) is 14.0 Å². The number of hydrogen-bond acceptors (Lipinski definition) is 4. The number of quaternary nitrogens is 1. The van der Waals surface area contributed by atoms with Crippen LogP contribution in [0.1, 0.15) is 22.8 Å². The second kappa shape index (κ2) is 9.77. The molecule has 3 rings (SSSR count). The molecule has 0 spiro atoms. The molecule has 0 bridgehead atoms. The highest BCUT2D eigenvalue weighted by molar-refractivity contribution is 6.68. The van der Waals surface area contributed by atoms with Crippen molar-refractivity contribution in [1.82, 2.24) is 4.90 Å². The Bertz CT molecular complexity index is 1010. The first-order valence-electron chi connectivity index (χ1n) is 10.5. The number of carbonyl (C=O) groups excluding carboxylic acids is 1. The second-order valence-electron chi connectivity index (χ2n) is 8.44. The van der Waals surface area contributed by atoms with Gasteiger partial charge >= 0.3 is 20.9 Å². The zero-order valence-corrected chi connectivity index (χ0v) is 19.7. The van der Waals surface area contributed by atoms with Gasteiger partial charge in [0, 0.05) is 18.8 Å². The maximum Gasteiger partial charge on any atom is 0.338 e. The van der Waals surface area contributed by atoms with E-state index in [0.29, 0.717) is 41.6 Å². The average Bonchev–Trinajstić information content (AvgIpc) is 2.77. The smallest absolute Gasteiger partial charge is 0.338 e. The molecule has 2 aromatic rings. The lowest BCUT2D eigenvalue weighted by Gasteiger charge is -2.44. The Morgan fingerprint density at radius 3 is 2.56 bits per heavy atom. The lowest BCUT2D eigenvalue weighted by molar-refractivity contribution is -0.861. The molecule has 0 saturated carbocycles. The Kier molecular flexibility index (Phi) is 7.28. The Labute approximate surface area is 189 Å². The van der Waals surface area contributed by atoms with Gasteiger partial charge in [0.1, 0.15) is 17.6 Å². The van der Waals surface area contributed by atoms with Crippen molar-refractivity contribution in [2.75, 3.05) is 32.8 Å². The van der Waals surface area contributed by atoms with E-state index in [1.54, 1.807) is 25.1 Å². The molecule has 1 fully saturated rings. The molecule has 8 heteroatoms. The first-order chi connectivity index (χ1) is 15.1. The van der Waals surface area contributed by atoms with Crippen LogP contribution in [0.5, 0.6) is 5.75 Å². The number of halogens is 1. The largest absolute Gasteiger partial charge is 0.536 e. The first-order valence-corrected chi connectivity index (χ1v) is 12.1. The van der Waals surface area contributed by atoms with Crippen molar-refractivity contribution in [3.8, 4) is 5.75 Å². The Balaban J connectivity index is 1.81. The van der Waals surface area contributed by atoms with Crippen LogP contribution in [0, 0.1) is 12.7 Å². The maximum absolute atomic E-state index is 14.3. The second-order valence-corrected chi connectivity index (χ2v) is 10.4. The number of likely N-dealkylation sites (N-methyl/N-ethyl adjacent to an activating group) is 1. The third kappa shape index (κ3) is 5.15. The van der Waals surface area contributed by atoms with Gasteiger partial charge < -0.3 is 9.53 Å². The van der Waals surface area contributed by atoms with Gasteiger partial charge in [0.15, 0.2) is 0 Å². The van der Waals surface area contributed by atoms with Gasteiger partial charge in [-0.05, 0) is 54.9 Å². The van der Waals surface area contributed by atoms with Crippen LogP contribution in [0.25, 0.3) is 0 Å². The van der Waals surface area contributed by atoms with E-state index in [1.165, 1.54) is 24.3 Å². The van der Waals surface area contributed by atoms with Crippen molar-refractivity contribution in [1.29, 1.82) is 0 Å². The summed E-state index contributed by atoms with van der Waals surface area (Å²) in [6, 6.07) is 11.5. The number of carboxylic acid groups (broad SMARTS) is 1. The minimum Gasteiger partial charge on any atom is -0.536 e. The zero-order chi connectivity index (χ0) is 23.5. The zero-order valence-electron chi connectivity index (χ0n) is 18.7. The Hall–Kier alpha value is -2.81. The quantitative estimate of drug-likeness (QED) is 0.394. The molecule has 2 atom stereocenters. The van der Waals surface area contributed by atoms with Gasteiger partial charge in [0.25, 0.3) is 0 Å². The minimum absolute atomic E-state index is 0.0121. The number of rotatable bonds is 7. The highest BCUT2D eigenvalue weighted by Gasteiger charge is 2.41. The van der Waals surface area contributed by atoms with Gasteiger partial charge in [-0.3, -0.25) is 9.38 Å². The standard InChI is InChI=1S/C24H28FN2O4Si/c1-5-23(28)27(4)13-12-26(15-18(27)3)16-32(21-11-6-17(2)22(25)14-21)31-20-9-7-19(8-10-20)24(29)30/h5-11,14,18H,1,12-13,15-16H2,2-4H3/p+1/t18-,27?/m1/s1. The van der Waals surface area contributed by atoms with E-state index < -0.39 is 15.0 Å². The Morgan fingerprint density at radius 2 is 2.00 bits per heavy atom. The highest BCUT2D eigenvalue weighted by atomic mass is 28.3. The van der Waals surface area contributed by atoms with E-state index >= 15 is 0 Å². The number of nitrogens with zero attached hydrogens (tertiary/aromatic N) is 2. The van der Waals surface area contributed by atoms with E-state index in [0.717, 1.165) is 5.19 Å². The lowest BCUT2D eigenvalue weighted by Crippen LogP contribution is -2.66. The van der Waals surface area contributed by atoms with Crippen molar-refractivity contribution in [3.05, 3.63) is 72.1 Å². The van der Waals surface area contributed by atoms with Crippen molar-refractivity contribution in [2.45, 2.75) is 19.9 Å². The fraction of sp³-hybridized carbons (Fsp3) is 0.333. The van der Waals surface area contributed by atoms with Gasteiger partial charge in [-0.1, -0.05) is 18.7 Å². The maximum atomic E-state index is 14.3. The summed E-state index contributed by atoms with van der Waals surface area (Å²) >= 11 is 0. The van der Waals surface area contributed by atoms with E-state index in [-0.39, 0.29) is 23.3 Å². The van der Waals surface area contributed by atoms with E-state index in [4.69, 9.17) is 9.53 Å². The number of carbonyl (C=O) groups is 2. The molecule has 32 heavy (non-hydrogen) atoms. The summed E-state index contributed by atoms with van der Waals surface area (Å²) in [7, 11) is 0.235. The van der Waals surface area contributed by atoms with Gasteiger partial charge in [0.05, 0.1) is 25.7 Å². The molecule has 169 valence electrons. The van der Waals surface area contributed by atoms with Gasteiger partial charge in [-0.15, -0.1) is 0 Å². The molecular weight excluding hydrogens is 427 g/mol. The molecule has 2 aromatic carbocycles. The number of amides is 1. The van der Waals surface area contributed by atoms with E-state index in [2.05, 4.69) is 18.4 Å². The van der Waals surface area contributed by atoms with Crippen LogP contribution in [0.15, 0.2) is 55.1 Å². The average molecular weight is 457 g/mol. The molecule has 1 unspecified atom stereocenters. The Morgan fingerprint density at radius 1 is 1.31 bits per heavy atom. The molecule has 1 amide bonds. The molecule has 1 aliphatic heterocycles. The SMILES string of the molecule is C=CC(=O)[N+]1(C)CCN(C[Si](Oc2ccc(C(=O)O)cc2)c2ccc(C)c(F)c2)C[C@H]1C. The van der Waals surface area contributed by atoms with Crippen LogP contribution in [0.2, 0.25) is 0 Å². The summed E-state index contributed by atoms with van der Waals surface area (Å²) in [5, 5.41) is 9.92. The fourth-order valence-electron chi connectivity index (χ4n) is 3.85. The summed E-state index contributed by atoms with van der Waals surface area (Å²) in [5.74, 6) is -0.710. The summed E-state index contributed by atoms with van der Waals surface area (Å²) in [4.78, 5) is 25.8. The molecule has 0 aromatic heterocycles. The number of hydrogen-bond donors (Lipinski definition) is 1. The normalized spacial score (nSPS) is 21.3. The van der Waals surface area contributed by atoms with Crippen LogP contribution in [0.3, 0.4) is 0 Å². The third-order valence-electron chi connectivity index (χ3n) is 6.26. The monoisotopic (exact) mass is 456 g/mol. The van der Waals surface area contributed by atoms with Crippen LogP contribution in [-0.4, -0.2) is 74.3 Å².